The summed E-state index contributed by atoms with van der Waals surface area (Å²) >= 11 is 1.50. The number of hydrogen-bond acceptors (Lipinski definition) is 9. The number of amides is 6. The lowest BCUT2D eigenvalue weighted by atomic mass is 9.98. The Balaban J connectivity index is 1.48. The van der Waals surface area contributed by atoms with Gasteiger partial charge in [0.2, 0.25) is 35.4 Å². The second kappa shape index (κ2) is 25.3. The van der Waals surface area contributed by atoms with E-state index in [9.17, 15) is 28.8 Å². The lowest BCUT2D eigenvalue weighted by Crippen LogP contribution is -2.60. The molecule has 6 atom stereocenters. The third-order valence-electron chi connectivity index (χ3n) is 11.8. The lowest BCUT2D eigenvalue weighted by Gasteiger charge is -2.33. The fourth-order valence-corrected chi connectivity index (χ4v) is 8.53. The Bertz CT molecular complexity index is 2520. The van der Waals surface area contributed by atoms with Crippen molar-refractivity contribution in [3.8, 4) is 0 Å². The first kappa shape index (κ1) is 52.1. The Kier molecular flexibility index (Phi) is 19.4. The van der Waals surface area contributed by atoms with Gasteiger partial charge in [-0.3, -0.25) is 33.8 Å². The third kappa shape index (κ3) is 14.8. The van der Waals surface area contributed by atoms with Crippen molar-refractivity contribution in [3.05, 3.63) is 108 Å². The van der Waals surface area contributed by atoms with Crippen LogP contribution in [0, 0.1) is 5.92 Å². The van der Waals surface area contributed by atoms with Gasteiger partial charge in [0.05, 0.1) is 6.04 Å². The molecule has 0 spiro atoms. The maximum absolute atomic E-state index is 15.0. The summed E-state index contributed by atoms with van der Waals surface area (Å²) in [5.74, 6) is -3.32. The van der Waals surface area contributed by atoms with E-state index in [0.717, 1.165) is 38.5 Å². The predicted molar refractivity (Wildman–Crippen MR) is 268 cm³/mol. The Labute approximate surface area is 400 Å². The average Bonchev–Trinajstić information content (AvgIpc) is 3.93. The zero-order valence-electron chi connectivity index (χ0n) is 39.1. The van der Waals surface area contributed by atoms with E-state index in [2.05, 4.69) is 36.2 Å². The second-order valence-electron chi connectivity index (χ2n) is 17.4. The fourth-order valence-electron chi connectivity index (χ4n) is 8.06. The maximum Gasteiger partial charge on any atom is 0.245 e. The Morgan fingerprint density at radius 3 is 1.76 bits per heavy atom. The highest BCUT2D eigenvalue weighted by atomic mass is 32.2. The summed E-state index contributed by atoms with van der Waals surface area (Å²) in [5.41, 5.74) is 26.8. The lowest BCUT2D eigenvalue weighted by molar-refractivity contribution is -0.142. The molecule has 0 radical (unpaired) electrons. The van der Waals surface area contributed by atoms with Crippen molar-refractivity contribution in [1.82, 2.24) is 36.1 Å². The molecule has 2 heterocycles. The molecule has 5 aromatic rings. The van der Waals surface area contributed by atoms with E-state index in [1.165, 1.54) is 23.7 Å². The van der Waals surface area contributed by atoms with E-state index in [-0.39, 0.29) is 50.5 Å². The van der Waals surface area contributed by atoms with Gasteiger partial charge in [-0.15, -0.1) is 0 Å². The molecular formula is C49H66N12O6S. The molecule has 14 N–H and O–H groups in total. The molecule has 0 saturated carbocycles. The number of H-pyrrole nitrogens is 2. The summed E-state index contributed by atoms with van der Waals surface area (Å²) in [6, 6.07) is 17.5. The maximum atomic E-state index is 15.0. The molecule has 0 saturated heterocycles. The molecule has 0 aliphatic heterocycles. The monoisotopic (exact) mass is 950 g/mol. The van der Waals surface area contributed by atoms with Crippen LogP contribution in [0.3, 0.4) is 0 Å². The molecule has 0 fully saturated rings. The van der Waals surface area contributed by atoms with E-state index in [4.69, 9.17) is 22.9 Å². The Morgan fingerprint density at radius 2 is 1.19 bits per heavy atom. The summed E-state index contributed by atoms with van der Waals surface area (Å²) in [4.78, 5) is 96.2. The van der Waals surface area contributed by atoms with Crippen LogP contribution in [-0.4, -0.2) is 118 Å². The summed E-state index contributed by atoms with van der Waals surface area (Å²) in [7, 11) is 1.49. The molecule has 5 rings (SSSR count). The average molecular weight is 951 g/mol. The fraction of sp³-hybridized carbons (Fsp3) is 0.408. The second-order valence-corrected chi connectivity index (χ2v) is 18.4. The number of nitrogens with two attached hydrogens (primary N) is 4. The van der Waals surface area contributed by atoms with E-state index in [1.807, 2.05) is 99.0 Å². The summed E-state index contributed by atoms with van der Waals surface area (Å²) < 4.78 is 0. The number of carbonyl (C=O) groups excluding carboxylic acids is 6. The minimum absolute atomic E-state index is 0.00523. The number of nitrogens with one attached hydrogen (secondary N) is 6. The van der Waals surface area contributed by atoms with E-state index < -0.39 is 71.7 Å². The number of primary amides is 1. The van der Waals surface area contributed by atoms with Gasteiger partial charge in [0.25, 0.3) is 0 Å². The van der Waals surface area contributed by atoms with Gasteiger partial charge >= 0.3 is 0 Å². The smallest absolute Gasteiger partial charge is 0.245 e. The van der Waals surface area contributed by atoms with Crippen LogP contribution in [0.2, 0.25) is 0 Å². The Hall–Kier alpha value is -6.86. The minimum atomic E-state index is -1.26. The van der Waals surface area contributed by atoms with Gasteiger partial charge in [-0.25, -0.2) is 0 Å². The van der Waals surface area contributed by atoms with Crippen molar-refractivity contribution in [2.75, 3.05) is 25.6 Å². The summed E-state index contributed by atoms with van der Waals surface area (Å²) in [5, 5.41) is 13.1. The molecule has 2 aromatic heterocycles. The first-order valence-electron chi connectivity index (χ1n) is 22.8. The van der Waals surface area contributed by atoms with Crippen LogP contribution in [0.4, 0.5) is 0 Å². The standard InChI is InChI=1S/C49H66N12O6S/c1-29(2)23-39(45(64)57-38(43(51)62)20-22-68-4)58-46(65)40(25-31-27-55-36-18-10-8-15-33(31)36)59-47(66)42(24-30-13-6-5-7-14-30)61(3)48(67)41(26-32-28-56-37-19-11-9-16-34(32)37)60-44(63)35(50)17-12-21-54-49(52)53/h5-11,13-16,18-19,27-29,35,38-42,55-56H,12,17,20-26,50H2,1-4H3,(H2,51,62)(H,57,64)(H,58,65)(H,59,66)(H,60,63)(H4,52,53,54). The number of likely N-dealkylation sites (N-methyl/N-ethyl adjacent to an activating group) is 1. The molecule has 68 heavy (non-hydrogen) atoms. The van der Waals surface area contributed by atoms with E-state index >= 15 is 0 Å². The number of para-hydroxylation sites is 2. The van der Waals surface area contributed by atoms with Gasteiger partial charge < -0.3 is 59.1 Å². The molecule has 0 aliphatic carbocycles. The van der Waals surface area contributed by atoms with Gasteiger partial charge in [0.1, 0.15) is 30.2 Å². The number of carbonyl (C=O) groups is 6. The zero-order chi connectivity index (χ0) is 49.3. The summed E-state index contributed by atoms with van der Waals surface area (Å²) in [6.45, 7) is 4.06. The number of benzene rings is 3. The molecule has 0 aliphatic rings. The van der Waals surface area contributed by atoms with Crippen molar-refractivity contribution in [2.45, 2.75) is 95.0 Å². The number of nitrogens with zero attached hydrogens (tertiary/aromatic N) is 2. The van der Waals surface area contributed by atoms with Gasteiger partial charge in [0, 0.05) is 67.1 Å². The molecule has 6 amide bonds. The highest BCUT2D eigenvalue weighted by Crippen LogP contribution is 2.22. The molecule has 18 nitrogen and oxygen atoms in total. The number of aromatic amines is 2. The number of fused-ring (bicyclic) bond motifs is 2. The number of aromatic nitrogens is 2. The number of rotatable bonds is 26. The summed E-state index contributed by atoms with van der Waals surface area (Å²) in [6.07, 6.45) is 6.68. The van der Waals surface area contributed by atoms with Gasteiger partial charge in [-0.1, -0.05) is 80.6 Å². The number of hydrogen-bond donors (Lipinski definition) is 10. The van der Waals surface area contributed by atoms with Crippen LogP contribution in [-0.2, 0) is 48.0 Å². The van der Waals surface area contributed by atoms with Crippen molar-refractivity contribution in [3.63, 3.8) is 0 Å². The molecule has 0 bridgehead atoms. The van der Waals surface area contributed by atoms with Crippen molar-refractivity contribution < 1.29 is 28.8 Å². The van der Waals surface area contributed by atoms with Gasteiger partial charge in [-0.2, -0.15) is 11.8 Å². The van der Waals surface area contributed by atoms with Gasteiger partial charge in [0.15, 0.2) is 5.96 Å². The number of guanidine groups is 1. The van der Waals surface area contributed by atoms with Crippen molar-refractivity contribution >= 4 is 75.0 Å². The van der Waals surface area contributed by atoms with E-state index in [0.29, 0.717) is 18.6 Å². The van der Waals surface area contributed by atoms with Crippen molar-refractivity contribution in [1.29, 1.82) is 0 Å². The molecule has 19 heteroatoms. The van der Waals surface area contributed by atoms with Crippen molar-refractivity contribution in [2.24, 2.45) is 33.8 Å². The minimum Gasteiger partial charge on any atom is -0.370 e. The van der Waals surface area contributed by atoms with E-state index in [1.54, 1.807) is 12.4 Å². The Morgan fingerprint density at radius 1 is 0.662 bits per heavy atom. The molecular weight excluding hydrogens is 885 g/mol. The zero-order valence-corrected chi connectivity index (χ0v) is 39.9. The number of thioether (sulfide) groups is 1. The van der Waals surface area contributed by atoms with Crippen LogP contribution in [0.25, 0.3) is 21.8 Å². The highest BCUT2D eigenvalue weighted by molar-refractivity contribution is 7.98. The van der Waals surface area contributed by atoms with Crippen LogP contribution >= 0.6 is 11.8 Å². The first-order valence-corrected chi connectivity index (χ1v) is 24.2. The topological polar surface area (TPSA) is 302 Å². The molecule has 3 aromatic carbocycles. The van der Waals surface area contributed by atoms with Crippen LogP contribution < -0.4 is 44.2 Å². The quantitative estimate of drug-likeness (QED) is 0.0219. The SMILES string of the molecule is CSCCC(NC(=O)C(CC(C)C)NC(=O)C(Cc1c[nH]c2ccccc12)NC(=O)C(Cc1ccccc1)N(C)C(=O)C(Cc1c[nH]c2ccccc12)NC(=O)C(N)CCCN=C(N)N)C(N)=O. The van der Waals surface area contributed by atoms with Crippen LogP contribution in [0.5, 0.6) is 0 Å². The highest BCUT2D eigenvalue weighted by Gasteiger charge is 2.37. The van der Waals surface area contributed by atoms with Crippen LogP contribution in [0.1, 0.15) is 56.2 Å². The molecule has 6 unspecified atom stereocenters. The predicted octanol–water partition coefficient (Wildman–Crippen LogP) is 2.11. The normalized spacial score (nSPS) is 14.0. The third-order valence-corrected chi connectivity index (χ3v) is 12.4. The largest absolute Gasteiger partial charge is 0.370 e. The van der Waals surface area contributed by atoms with Gasteiger partial charge in [-0.05, 0) is 72.4 Å². The number of aliphatic imine (C=N–C) groups is 1. The first-order chi connectivity index (χ1) is 32.6. The molecule has 364 valence electrons. The van der Waals surface area contributed by atoms with Crippen LogP contribution in [0.15, 0.2) is 96.2 Å².